The first-order valence-electron chi connectivity index (χ1n) is 11.4. The van der Waals surface area contributed by atoms with Crippen LogP contribution in [0, 0.1) is 6.92 Å². The van der Waals surface area contributed by atoms with Crippen molar-refractivity contribution in [3.63, 3.8) is 0 Å². The predicted octanol–water partition coefficient (Wildman–Crippen LogP) is 4.94. The normalized spacial score (nSPS) is 11.2. The number of anilines is 1. The number of rotatable bonds is 9. The van der Waals surface area contributed by atoms with Gasteiger partial charge in [-0.05, 0) is 79.9 Å². The molecule has 2 N–H and O–H groups in total. The minimum atomic E-state index is -0.0623. The Balaban J connectivity index is 1.86. The average Bonchev–Trinajstić information content (AvgIpc) is 2.80. The minimum Gasteiger partial charge on any atom is -0.343 e. The maximum absolute atomic E-state index is 12.8. The highest BCUT2D eigenvalue weighted by molar-refractivity contribution is 7.80. The second kappa shape index (κ2) is 11.2. The summed E-state index contributed by atoms with van der Waals surface area (Å²) in [5.41, 5.74) is 4.94. The quantitative estimate of drug-likeness (QED) is 0.452. The van der Waals surface area contributed by atoms with Gasteiger partial charge in [-0.15, -0.1) is 0 Å². The van der Waals surface area contributed by atoms with Crippen LogP contribution >= 0.6 is 12.2 Å². The molecule has 0 saturated carbocycles. The molecule has 0 spiro atoms. The summed E-state index contributed by atoms with van der Waals surface area (Å²) in [5.74, 6) is 0. The lowest BCUT2D eigenvalue weighted by Gasteiger charge is -2.29. The molecule has 0 fully saturated rings. The number of fused-ring (bicyclic) bond motifs is 1. The molecule has 32 heavy (non-hydrogen) atoms. The Morgan fingerprint density at radius 2 is 1.72 bits per heavy atom. The number of aromatic nitrogens is 1. The van der Waals surface area contributed by atoms with E-state index in [1.54, 1.807) is 0 Å². The number of pyridine rings is 1. The van der Waals surface area contributed by atoms with E-state index in [-0.39, 0.29) is 5.56 Å². The molecule has 0 radical (unpaired) electrons. The molecule has 1 heterocycles. The first-order chi connectivity index (χ1) is 15.4. The summed E-state index contributed by atoms with van der Waals surface area (Å²) in [6, 6.07) is 16.4. The summed E-state index contributed by atoms with van der Waals surface area (Å²) >= 11 is 5.78. The molecule has 0 amide bonds. The summed E-state index contributed by atoms with van der Waals surface area (Å²) in [7, 11) is 0. The van der Waals surface area contributed by atoms with Crippen LogP contribution in [-0.4, -0.2) is 46.1 Å². The predicted molar refractivity (Wildman–Crippen MR) is 140 cm³/mol. The summed E-state index contributed by atoms with van der Waals surface area (Å²) in [6.45, 7) is 12.6. The number of nitrogens with zero attached hydrogens (tertiary/aromatic N) is 2. The molecule has 170 valence electrons. The fourth-order valence-corrected chi connectivity index (χ4v) is 4.01. The monoisotopic (exact) mass is 450 g/mol. The number of likely N-dealkylation sites (N-methyl/N-ethyl adjacent to an activating group) is 1. The Morgan fingerprint density at radius 3 is 2.38 bits per heavy atom. The Morgan fingerprint density at radius 1 is 1.00 bits per heavy atom. The smallest absolute Gasteiger partial charge is 0.253 e. The lowest BCUT2D eigenvalue weighted by atomic mass is 10.1. The van der Waals surface area contributed by atoms with Crippen molar-refractivity contribution in [3.05, 3.63) is 75.6 Å². The van der Waals surface area contributed by atoms with Crippen LogP contribution in [0.2, 0.25) is 0 Å². The van der Waals surface area contributed by atoms with Gasteiger partial charge in [-0.3, -0.25) is 4.79 Å². The highest BCUT2D eigenvalue weighted by atomic mass is 32.1. The summed E-state index contributed by atoms with van der Waals surface area (Å²) in [6.07, 6.45) is 0.963. The van der Waals surface area contributed by atoms with Crippen LogP contribution in [0.5, 0.6) is 0 Å². The van der Waals surface area contributed by atoms with E-state index in [9.17, 15) is 4.79 Å². The Labute approximate surface area is 196 Å². The lowest BCUT2D eigenvalue weighted by Crippen LogP contribution is -2.41. The third kappa shape index (κ3) is 6.17. The second-order valence-electron chi connectivity index (χ2n) is 8.14. The van der Waals surface area contributed by atoms with Gasteiger partial charge in [-0.2, -0.15) is 0 Å². The van der Waals surface area contributed by atoms with E-state index in [0.29, 0.717) is 11.7 Å². The van der Waals surface area contributed by atoms with E-state index >= 15 is 0 Å². The highest BCUT2D eigenvalue weighted by Gasteiger charge is 2.15. The zero-order valence-electron chi connectivity index (χ0n) is 19.6. The van der Waals surface area contributed by atoms with Crippen molar-refractivity contribution in [1.29, 1.82) is 0 Å². The van der Waals surface area contributed by atoms with Gasteiger partial charge in [0.15, 0.2) is 5.11 Å². The molecular weight excluding hydrogens is 416 g/mol. The first kappa shape index (κ1) is 24.0. The summed E-state index contributed by atoms with van der Waals surface area (Å²) in [5, 5.41) is 5.03. The number of thiocarbonyl (C=S) groups is 1. The third-order valence-electron chi connectivity index (χ3n) is 5.93. The maximum atomic E-state index is 12.8. The third-order valence-corrected chi connectivity index (χ3v) is 6.29. The standard InChI is InChI=1S/C26H34N4OS/c1-5-20-10-13-24-21(16-20)17-22(25(31)28-24)18-30(15-14-29(6-2)7-3)26(32)27-23-11-8-19(4)9-12-23/h8-13,16-17H,5-7,14-15,18H2,1-4H3,(H,27,32)(H,28,31). The molecule has 0 aliphatic heterocycles. The van der Waals surface area contributed by atoms with Crippen molar-refractivity contribution in [1.82, 2.24) is 14.8 Å². The molecule has 5 nitrogen and oxygen atoms in total. The molecule has 0 aliphatic rings. The fourth-order valence-electron chi connectivity index (χ4n) is 3.74. The number of benzene rings is 2. The molecular formula is C26H34N4OS. The van der Waals surface area contributed by atoms with Crippen LogP contribution < -0.4 is 10.9 Å². The first-order valence-corrected chi connectivity index (χ1v) is 11.8. The van der Waals surface area contributed by atoms with Crippen LogP contribution in [0.3, 0.4) is 0 Å². The summed E-state index contributed by atoms with van der Waals surface area (Å²) in [4.78, 5) is 20.3. The van der Waals surface area contributed by atoms with E-state index in [1.165, 1.54) is 11.1 Å². The van der Waals surface area contributed by atoms with E-state index < -0.39 is 0 Å². The van der Waals surface area contributed by atoms with E-state index in [0.717, 1.165) is 54.8 Å². The van der Waals surface area contributed by atoms with Gasteiger partial charge in [0.25, 0.3) is 5.56 Å². The molecule has 0 aliphatic carbocycles. The molecule has 0 bridgehead atoms. The van der Waals surface area contributed by atoms with Gasteiger partial charge in [0.1, 0.15) is 0 Å². The summed E-state index contributed by atoms with van der Waals surface area (Å²) < 4.78 is 0. The highest BCUT2D eigenvalue weighted by Crippen LogP contribution is 2.16. The van der Waals surface area contributed by atoms with Crippen LogP contribution in [0.1, 0.15) is 37.5 Å². The largest absolute Gasteiger partial charge is 0.343 e. The molecule has 3 aromatic rings. The van der Waals surface area contributed by atoms with Gasteiger partial charge in [-0.25, -0.2) is 0 Å². The van der Waals surface area contributed by atoms with Gasteiger partial charge in [0, 0.05) is 29.9 Å². The number of hydrogen-bond donors (Lipinski definition) is 2. The van der Waals surface area contributed by atoms with E-state index in [4.69, 9.17) is 12.2 Å². The van der Waals surface area contributed by atoms with E-state index in [1.807, 2.05) is 24.3 Å². The van der Waals surface area contributed by atoms with Crippen molar-refractivity contribution >= 4 is 33.9 Å². The maximum Gasteiger partial charge on any atom is 0.253 e. The zero-order chi connectivity index (χ0) is 23.1. The van der Waals surface area contributed by atoms with E-state index in [2.05, 4.69) is 72.1 Å². The molecule has 6 heteroatoms. The van der Waals surface area contributed by atoms with Crippen LogP contribution in [-0.2, 0) is 13.0 Å². The van der Waals surface area contributed by atoms with Crippen molar-refractivity contribution in [2.45, 2.75) is 40.7 Å². The molecule has 2 aromatic carbocycles. The molecule has 0 unspecified atom stereocenters. The van der Waals surface area contributed by atoms with Gasteiger partial charge in [-0.1, -0.05) is 44.5 Å². The zero-order valence-corrected chi connectivity index (χ0v) is 20.4. The number of H-pyrrole nitrogens is 1. The van der Waals surface area contributed by atoms with Crippen molar-refractivity contribution in [2.75, 3.05) is 31.5 Å². The van der Waals surface area contributed by atoms with Gasteiger partial charge >= 0.3 is 0 Å². The Bertz CT molecular complexity index is 1100. The molecule has 0 saturated heterocycles. The average molecular weight is 451 g/mol. The number of hydrogen-bond acceptors (Lipinski definition) is 3. The fraction of sp³-hybridized carbons (Fsp3) is 0.385. The van der Waals surface area contributed by atoms with Crippen LogP contribution in [0.15, 0.2) is 53.3 Å². The molecule has 3 rings (SSSR count). The van der Waals surface area contributed by atoms with Gasteiger partial charge < -0.3 is 20.1 Å². The molecule has 1 aromatic heterocycles. The SMILES string of the molecule is CCc1ccc2[nH]c(=O)c(CN(CCN(CC)CC)C(=S)Nc3ccc(C)cc3)cc2c1. The Hall–Kier alpha value is -2.70. The van der Waals surface area contributed by atoms with Crippen molar-refractivity contribution in [2.24, 2.45) is 0 Å². The van der Waals surface area contributed by atoms with Crippen LogP contribution in [0.4, 0.5) is 5.69 Å². The van der Waals surface area contributed by atoms with Gasteiger partial charge in [0.05, 0.1) is 6.54 Å². The van der Waals surface area contributed by atoms with Crippen LogP contribution in [0.25, 0.3) is 10.9 Å². The lowest BCUT2D eigenvalue weighted by molar-refractivity contribution is 0.266. The van der Waals surface area contributed by atoms with Crippen molar-refractivity contribution in [3.8, 4) is 0 Å². The number of aromatic amines is 1. The number of aryl methyl sites for hydroxylation is 2. The molecule has 0 atom stereocenters. The van der Waals surface area contributed by atoms with Crippen molar-refractivity contribution < 1.29 is 0 Å². The number of nitrogens with one attached hydrogen (secondary N) is 2. The van der Waals surface area contributed by atoms with Gasteiger partial charge in [0.2, 0.25) is 0 Å². The second-order valence-corrected chi connectivity index (χ2v) is 8.53. The Kier molecular flexibility index (Phi) is 8.42. The topological polar surface area (TPSA) is 51.4 Å². The minimum absolute atomic E-state index is 0.0623.